The summed E-state index contributed by atoms with van der Waals surface area (Å²) < 4.78 is 0. The van der Waals surface area contributed by atoms with Gasteiger partial charge >= 0.3 is 0 Å². The lowest BCUT2D eigenvalue weighted by molar-refractivity contribution is -0.111. The van der Waals surface area contributed by atoms with Crippen LogP contribution in [-0.2, 0) is 4.79 Å². The standard InChI is InChI=1S/C30H24N6O2/c1-3-27(37)34-24-6-4-5-21(15-24)25-16-22(14-23-17-33-30(31)36-28(23)25)19-7-9-20(10-8-19)29(38)35-26-13-18(2)11-12-32-26/h3-17H,1H2,2H3,(H,34,37)(H2,31,33,36)(H,32,35,38). The Hall–Kier alpha value is -5.37. The van der Waals surface area contributed by atoms with Crippen molar-refractivity contribution in [3.63, 3.8) is 0 Å². The average molecular weight is 501 g/mol. The Kier molecular flexibility index (Phi) is 6.61. The second kappa shape index (κ2) is 10.3. The minimum absolute atomic E-state index is 0.168. The van der Waals surface area contributed by atoms with Gasteiger partial charge in [0.2, 0.25) is 11.9 Å². The van der Waals surface area contributed by atoms with Gasteiger partial charge in [-0.1, -0.05) is 30.8 Å². The largest absolute Gasteiger partial charge is 0.368 e. The Morgan fingerprint density at radius 2 is 1.71 bits per heavy atom. The van der Waals surface area contributed by atoms with Crippen LogP contribution < -0.4 is 16.4 Å². The van der Waals surface area contributed by atoms with Crippen LogP contribution in [0.15, 0.2) is 97.8 Å². The summed E-state index contributed by atoms with van der Waals surface area (Å²) in [6.45, 7) is 5.44. The fourth-order valence-electron chi connectivity index (χ4n) is 4.11. The number of hydrogen-bond donors (Lipinski definition) is 3. The van der Waals surface area contributed by atoms with Gasteiger partial charge in [-0.25, -0.2) is 15.0 Å². The maximum atomic E-state index is 12.7. The Labute approximate surface area is 219 Å². The van der Waals surface area contributed by atoms with E-state index in [-0.39, 0.29) is 17.8 Å². The van der Waals surface area contributed by atoms with E-state index in [0.29, 0.717) is 22.6 Å². The Bertz CT molecular complexity index is 1700. The van der Waals surface area contributed by atoms with Crippen LogP contribution >= 0.6 is 0 Å². The van der Waals surface area contributed by atoms with Crippen molar-refractivity contribution in [1.82, 2.24) is 15.0 Å². The van der Waals surface area contributed by atoms with Crippen LogP contribution in [0.25, 0.3) is 33.2 Å². The van der Waals surface area contributed by atoms with E-state index in [1.807, 2.05) is 61.5 Å². The van der Waals surface area contributed by atoms with Crippen molar-refractivity contribution in [3.8, 4) is 22.3 Å². The van der Waals surface area contributed by atoms with Gasteiger partial charge in [0.15, 0.2) is 0 Å². The quantitative estimate of drug-likeness (QED) is 0.260. The number of amides is 2. The first-order chi connectivity index (χ1) is 18.4. The molecule has 0 spiro atoms. The van der Waals surface area contributed by atoms with Gasteiger partial charge in [0, 0.05) is 34.6 Å². The van der Waals surface area contributed by atoms with Gasteiger partial charge in [0.25, 0.3) is 5.91 Å². The summed E-state index contributed by atoms with van der Waals surface area (Å²) >= 11 is 0. The molecule has 3 aromatic carbocycles. The molecule has 0 aliphatic heterocycles. The van der Waals surface area contributed by atoms with Gasteiger partial charge in [-0.05, 0) is 83.8 Å². The van der Waals surface area contributed by atoms with Gasteiger partial charge in [0.1, 0.15) is 5.82 Å². The van der Waals surface area contributed by atoms with Crippen molar-refractivity contribution < 1.29 is 9.59 Å². The van der Waals surface area contributed by atoms with Crippen LogP contribution in [0.3, 0.4) is 0 Å². The SMILES string of the molecule is C=CC(=O)Nc1cccc(-c2cc(-c3ccc(C(=O)Nc4cc(C)ccn4)cc3)cc3cnc(N)nc23)c1. The molecule has 0 aliphatic rings. The molecule has 2 amide bonds. The molecule has 0 radical (unpaired) electrons. The van der Waals surface area contributed by atoms with E-state index in [1.54, 1.807) is 30.6 Å². The summed E-state index contributed by atoms with van der Waals surface area (Å²) in [6, 6.07) is 22.5. The first-order valence-corrected chi connectivity index (χ1v) is 11.8. The molecule has 5 rings (SSSR count). The molecule has 8 heteroatoms. The number of carbonyl (C=O) groups excluding carboxylic acids is 2. The maximum absolute atomic E-state index is 12.7. The van der Waals surface area contributed by atoms with Gasteiger partial charge in [-0.2, -0.15) is 0 Å². The molecule has 4 N–H and O–H groups in total. The first kappa shape index (κ1) is 24.3. The van der Waals surface area contributed by atoms with Crippen LogP contribution in [0.1, 0.15) is 15.9 Å². The third-order valence-electron chi connectivity index (χ3n) is 5.97. The molecule has 38 heavy (non-hydrogen) atoms. The highest BCUT2D eigenvalue weighted by Gasteiger charge is 2.13. The summed E-state index contributed by atoms with van der Waals surface area (Å²) in [4.78, 5) is 37.4. The lowest BCUT2D eigenvalue weighted by Crippen LogP contribution is -2.12. The molecular weight excluding hydrogens is 476 g/mol. The van der Waals surface area contributed by atoms with Crippen LogP contribution in [0, 0.1) is 6.92 Å². The molecular formula is C30H24N6O2. The molecule has 0 saturated carbocycles. The topological polar surface area (TPSA) is 123 Å². The molecule has 0 unspecified atom stereocenters. The van der Waals surface area contributed by atoms with Crippen molar-refractivity contribution in [2.45, 2.75) is 6.92 Å². The Morgan fingerprint density at radius 3 is 2.47 bits per heavy atom. The number of anilines is 3. The smallest absolute Gasteiger partial charge is 0.256 e. The summed E-state index contributed by atoms with van der Waals surface area (Å²) in [5.41, 5.74) is 12.2. The lowest BCUT2D eigenvalue weighted by Gasteiger charge is -2.12. The minimum Gasteiger partial charge on any atom is -0.368 e. The summed E-state index contributed by atoms with van der Waals surface area (Å²) in [5, 5.41) is 6.42. The number of nitrogens with two attached hydrogens (primary N) is 1. The molecule has 8 nitrogen and oxygen atoms in total. The maximum Gasteiger partial charge on any atom is 0.256 e. The van der Waals surface area contributed by atoms with E-state index in [1.165, 1.54) is 6.08 Å². The van der Waals surface area contributed by atoms with Crippen molar-refractivity contribution in [3.05, 3.63) is 109 Å². The second-order valence-electron chi connectivity index (χ2n) is 8.71. The van der Waals surface area contributed by atoms with Crippen LogP contribution in [0.4, 0.5) is 17.5 Å². The highest BCUT2D eigenvalue weighted by molar-refractivity contribution is 6.04. The molecule has 5 aromatic rings. The van der Waals surface area contributed by atoms with E-state index in [9.17, 15) is 9.59 Å². The predicted octanol–water partition coefficient (Wildman–Crippen LogP) is 5.63. The average Bonchev–Trinajstić information content (AvgIpc) is 2.92. The molecule has 0 fully saturated rings. The zero-order chi connectivity index (χ0) is 26.6. The number of aromatic nitrogens is 3. The minimum atomic E-state index is -0.297. The number of pyridine rings is 1. The molecule has 0 atom stereocenters. The second-order valence-corrected chi connectivity index (χ2v) is 8.71. The molecule has 2 heterocycles. The van der Waals surface area contributed by atoms with Crippen LogP contribution in [0.2, 0.25) is 0 Å². The fraction of sp³-hybridized carbons (Fsp3) is 0.0333. The highest BCUT2D eigenvalue weighted by Crippen LogP contribution is 2.34. The van der Waals surface area contributed by atoms with Gasteiger partial charge in [-0.15, -0.1) is 0 Å². The zero-order valence-electron chi connectivity index (χ0n) is 20.6. The molecule has 186 valence electrons. The number of hydrogen-bond acceptors (Lipinski definition) is 6. The lowest BCUT2D eigenvalue weighted by atomic mass is 9.95. The van der Waals surface area contributed by atoms with E-state index >= 15 is 0 Å². The van der Waals surface area contributed by atoms with Crippen molar-refractivity contribution >= 4 is 40.2 Å². The van der Waals surface area contributed by atoms with Gasteiger partial charge < -0.3 is 16.4 Å². The van der Waals surface area contributed by atoms with Crippen molar-refractivity contribution in [1.29, 1.82) is 0 Å². The summed E-state index contributed by atoms with van der Waals surface area (Å²) in [6.07, 6.45) is 4.56. The van der Waals surface area contributed by atoms with Crippen molar-refractivity contribution in [2.75, 3.05) is 16.4 Å². The number of nitrogens with zero attached hydrogens (tertiary/aromatic N) is 3. The van der Waals surface area contributed by atoms with E-state index < -0.39 is 0 Å². The highest BCUT2D eigenvalue weighted by atomic mass is 16.2. The van der Waals surface area contributed by atoms with Gasteiger partial charge in [0.05, 0.1) is 5.52 Å². The number of nitrogen functional groups attached to an aromatic ring is 1. The van der Waals surface area contributed by atoms with Crippen LogP contribution in [-0.4, -0.2) is 26.8 Å². The molecule has 0 bridgehead atoms. The third kappa shape index (κ3) is 5.24. The zero-order valence-corrected chi connectivity index (χ0v) is 20.6. The Morgan fingerprint density at radius 1 is 0.895 bits per heavy atom. The molecule has 0 saturated heterocycles. The third-order valence-corrected chi connectivity index (χ3v) is 5.97. The monoisotopic (exact) mass is 500 g/mol. The summed E-state index contributed by atoms with van der Waals surface area (Å²) in [5.74, 6) is 0.135. The van der Waals surface area contributed by atoms with Crippen molar-refractivity contribution in [2.24, 2.45) is 0 Å². The van der Waals surface area contributed by atoms with E-state index in [4.69, 9.17) is 5.73 Å². The summed E-state index contributed by atoms with van der Waals surface area (Å²) in [7, 11) is 0. The number of aryl methyl sites for hydroxylation is 1. The Balaban J connectivity index is 1.51. The number of carbonyl (C=O) groups is 2. The predicted molar refractivity (Wildman–Crippen MR) is 151 cm³/mol. The first-order valence-electron chi connectivity index (χ1n) is 11.8. The van der Waals surface area contributed by atoms with E-state index in [2.05, 4.69) is 32.2 Å². The van der Waals surface area contributed by atoms with E-state index in [0.717, 1.165) is 33.2 Å². The van der Waals surface area contributed by atoms with Gasteiger partial charge in [-0.3, -0.25) is 9.59 Å². The molecule has 0 aliphatic carbocycles. The molecule has 2 aromatic heterocycles. The number of fused-ring (bicyclic) bond motifs is 1. The number of nitrogens with one attached hydrogen (secondary N) is 2. The fourth-order valence-corrected chi connectivity index (χ4v) is 4.11. The number of rotatable bonds is 6. The normalized spacial score (nSPS) is 10.7. The number of benzene rings is 3. The van der Waals surface area contributed by atoms with Crippen LogP contribution in [0.5, 0.6) is 0 Å².